The number of aliphatic carboxylic acids is 4. The van der Waals surface area contributed by atoms with E-state index in [-0.39, 0.29) is 51.6 Å². The molecular formula is C60H93N13O21. The molecule has 16 N–H and O–H groups in total. The van der Waals surface area contributed by atoms with Crippen molar-refractivity contribution in [2.75, 3.05) is 19.6 Å². The lowest BCUT2D eigenvalue weighted by Crippen LogP contribution is -2.66. The summed E-state index contributed by atoms with van der Waals surface area (Å²) in [5.41, 5.74) is 6.09. The van der Waals surface area contributed by atoms with Crippen molar-refractivity contribution < 1.29 is 102 Å². The van der Waals surface area contributed by atoms with Gasteiger partial charge in [-0.2, -0.15) is 0 Å². The van der Waals surface area contributed by atoms with Gasteiger partial charge in [0.15, 0.2) is 0 Å². The fourth-order valence-corrected chi connectivity index (χ4v) is 10.7. The monoisotopic (exact) mass is 1330 g/mol. The van der Waals surface area contributed by atoms with Gasteiger partial charge >= 0.3 is 23.9 Å². The van der Waals surface area contributed by atoms with E-state index in [9.17, 15) is 97.1 Å². The van der Waals surface area contributed by atoms with Gasteiger partial charge in [0.1, 0.15) is 60.8 Å². The third-order valence-corrected chi connectivity index (χ3v) is 15.9. The normalized spacial score (nSPS) is 25.0. The van der Waals surface area contributed by atoms with Crippen molar-refractivity contribution in [3.63, 3.8) is 0 Å². The van der Waals surface area contributed by atoms with Crippen molar-refractivity contribution in [2.45, 2.75) is 224 Å². The minimum absolute atomic E-state index is 0.000251. The highest BCUT2D eigenvalue weighted by Gasteiger charge is 2.45. The van der Waals surface area contributed by atoms with Gasteiger partial charge in [0, 0.05) is 25.6 Å². The second kappa shape index (κ2) is 38.8. The number of allylic oxidation sites excluding steroid dienone is 1. The van der Waals surface area contributed by atoms with E-state index in [2.05, 4.69) is 45.7 Å². The van der Waals surface area contributed by atoms with Crippen molar-refractivity contribution in [1.29, 1.82) is 0 Å². The third kappa shape index (κ3) is 26.1. The number of carboxylic acids is 4. The molecule has 13 amide bonds. The highest BCUT2D eigenvalue weighted by Crippen LogP contribution is 2.24. The van der Waals surface area contributed by atoms with E-state index in [1.165, 1.54) is 13.8 Å². The molecular weight excluding hydrogens is 1240 g/mol. The van der Waals surface area contributed by atoms with Crippen LogP contribution >= 0.6 is 0 Å². The molecule has 3 rings (SSSR count). The first-order chi connectivity index (χ1) is 44.1. The minimum atomic E-state index is -2.17. The molecule has 34 heteroatoms. The molecule has 3 unspecified atom stereocenters. The first-order valence-corrected chi connectivity index (χ1v) is 31.5. The lowest BCUT2D eigenvalue weighted by molar-refractivity contribution is -0.150. The zero-order valence-electron chi connectivity index (χ0n) is 54.1. The van der Waals surface area contributed by atoms with Crippen LogP contribution in [0.25, 0.3) is 0 Å². The predicted molar refractivity (Wildman–Crippen MR) is 329 cm³/mol. The van der Waals surface area contributed by atoms with Crippen molar-refractivity contribution in [3.8, 4) is 0 Å². The molecule has 0 aliphatic carbocycles. The van der Waals surface area contributed by atoms with Crippen LogP contribution in [0.3, 0.4) is 0 Å². The molecule has 94 heavy (non-hydrogen) atoms. The van der Waals surface area contributed by atoms with E-state index in [0.29, 0.717) is 12.3 Å². The minimum Gasteiger partial charge on any atom is -0.481 e. The molecule has 3 fully saturated rings. The fourth-order valence-electron chi connectivity index (χ4n) is 10.7. The lowest BCUT2D eigenvalue weighted by atomic mass is 9.96. The Labute approximate surface area is 543 Å². The van der Waals surface area contributed by atoms with Gasteiger partial charge in [-0.3, -0.25) is 86.8 Å². The standard InChI is InChI=1S/C60H93N13O21/c1-30(2)19-14-12-10-8-9-11-13-15-22-40(74)64-37(27-46(82)83)53(86)71-50-34(7)63-54(87)39-21-18-24-73(39)58(91)47(31(3)4)69-57(90)49(33(6)61)67-41(75)28-42(76)68-52(85)36(26-45(80)81)65-43(77)29-62-51(84)35(25-44(78)79)66-56(89)48(32(5)60(93)94)70-55(88)38-20-16-17-23-72(38)59(50)92/h13,15,30-39,47-50H,8-12,14,16-29,61H2,1-7H3,(H,62,84)(H,63,87)(H,64,74)(H,65,77)(H,66,89)(H,67,75)(H,69,90)(H,70,88)(H,71,86)(H,78,79)(H,80,81)(H,82,83)(H,93,94)(H,68,76,85)/b15-13+/t32?,33-,34?,35+,36+,37+,38+,39+,47+,48?,49+,50+/m1/s1. The first-order valence-electron chi connectivity index (χ1n) is 31.5. The van der Waals surface area contributed by atoms with Crippen LogP contribution < -0.4 is 58.9 Å². The number of hydrogen-bond donors (Lipinski definition) is 15. The fraction of sp³-hybridized carbons (Fsp3) is 0.683. The summed E-state index contributed by atoms with van der Waals surface area (Å²) in [6, 6.07) is -19.0. The Balaban J connectivity index is 2.17. The Kier molecular flexibility index (Phi) is 32.7. The molecule has 0 aromatic carbocycles. The van der Waals surface area contributed by atoms with E-state index in [1.54, 1.807) is 31.3 Å². The van der Waals surface area contributed by atoms with Crippen LogP contribution in [0, 0.1) is 17.8 Å². The number of carbonyl (C=O) groups is 17. The molecule has 3 aliphatic rings. The third-order valence-electron chi connectivity index (χ3n) is 15.9. The summed E-state index contributed by atoms with van der Waals surface area (Å²) in [5, 5.41) is 61.6. The van der Waals surface area contributed by atoms with E-state index >= 15 is 4.79 Å². The molecule has 12 atom stereocenters. The van der Waals surface area contributed by atoms with Gasteiger partial charge in [0.05, 0.1) is 37.8 Å². The summed E-state index contributed by atoms with van der Waals surface area (Å²) in [6.45, 7) is 9.42. The second-order valence-electron chi connectivity index (χ2n) is 24.6. The van der Waals surface area contributed by atoms with E-state index in [1.807, 2.05) is 16.0 Å². The molecule has 0 bridgehead atoms. The molecule has 0 spiro atoms. The molecule has 34 nitrogen and oxygen atoms in total. The van der Waals surface area contributed by atoms with Crippen molar-refractivity contribution >= 4 is 101 Å². The van der Waals surface area contributed by atoms with Crippen LogP contribution in [0.4, 0.5) is 0 Å². The van der Waals surface area contributed by atoms with E-state index in [4.69, 9.17) is 5.73 Å². The summed E-state index contributed by atoms with van der Waals surface area (Å²) in [6.07, 6.45) is 5.69. The van der Waals surface area contributed by atoms with Gasteiger partial charge in [0.25, 0.3) is 0 Å². The largest absolute Gasteiger partial charge is 0.481 e. The second-order valence-corrected chi connectivity index (χ2v) is 24.6. The molecule has 0 aromatic rings. The maximum absolute atomic E-state index is 15.2. The number of unbranched alkanes of at least 4 members (excludes halogenated alkanes) is 5. The van der Waals surface area contributed by atoms with E-state index in [0.717, 1.165) is 55.2 Å². The van der Waals surface area contributed by atoms with Gasteiger partial charge < -0.3 is 83.8 Å². The molecule has 3 saturated heterocycles. The van der Waals surface area contributed by atoms with Crippen molar-refractivity contribution in [2.24, 2.45) is 23.5 Å². The van der Waals surface area contributed by atoms with Gasteiger partial charge in [-0.15, -0.1) is 0 Å². The SMILES string of the molecule is CC(C)CCCCCCC/C=C/CC(=O)N[C@@H](CC(=O)O)C(=O)N[C@@H]1C(=O)N2CCCC[C@H]2C(=O)NC(C(C)C(=O)O)C(=O)N[C@@H](CC(=O)O)C(=O)NCC(=O)N[C@@H](CC(=O)O)C(=O)NC(=O)CC(=O)N[C@@H]([C@@H](C)N)C(=O)N[C@@H](C(C)C)C(=O)N2CCC[C@H]2C(=O)NC1C. The van der Waals surface area contributed by atoms with E-state index < -0.39 is 211 Å². The smallest absolute Gasteiger partial charge is 0.308 e. The summed E-state index contributed by atoms with van der Waals surface area (Å²) < 4.78 is 0. The number of carbonyl (C=O) groups excluding carboxylic acids is 13. The number of carboxylic acid groups (broad SMARTS) is 4. The topological polar surface area (TPSA) is 524 Å². The summed E-state index contributed by atoms with van der Waals surface area (Å²) in [5.74, 6) is -24.1. The number of piperidine rings is 1. The quantitative estimate of drug-likeness (QED) is 0.0209. The van der Waals surface area contributed by atoms with Gasteiger partial charge in [-0.1, -0.05) is 72.0 Å². The number of hydrogen-bond acceptors (Lipinski definition) is 18. The maximum atomic E-state index is 15.2. The number of nitrogens with zero attached hydrogens (tertiary/aromatic N) is 2. The summed E-state index contributed by atoms with van der Waals surface area (Å²) >= 11 is 0. The van der Waals surface area contributed by atoms with Gasteiger partial charge in [-0.05, 0) is 77.6 Å². The molecule has 3 aliphatic heterocycles. The van der Waals surface area contributed by atoms with Crippen LogP contribution in [0.2, 0.25) is 0 Å². The molecule has 0 saturated carbocycles. The van der Waals surface area contributed by atoms with Crippen LogP contribution in [0.5, 0.6) is 0 Å². The molecule has 0 radical (unpaired) electrons. The predicted octanol–water partition coefficient (Wildman–Crippen LogP) is -3.10. The van der Waals surface area contributed by atoms with Crippen LogP contribution in [-0.2, 0) is 81.5 Å². The lowest BCUT2D eigenvalue weighted by Gasteiger charge is -2.39. The van der Waals surface area contributed by atoms with Gasteiger partial charge in [-0.25, -0.2) is 0 Å². The highest BCUT2D eigenvalue weighted by atomic mass is 16.4. The Bertz CT molecular complexity index is 2830. The Morgan fingerprint density at radius 1 is 0.585 bits per heavy atom. The average molecular weight is 1330 g/mol. The summed E-state index contributed by atoms with van der Waals surface area (Å²) in [7, 11) is 0. The van der Waals surface area contributed by atoms with Crippen molar-refractivity contribution in [3.05, 3.63) is 12.2 Å². The Morgan fingerprint density at radius 2 is 1.15 bits per heavy atom. The maximum Gasteiger partial charge on any atom is 0.308 e. The van der Waals surface area contributed by atoms with Gasteiger partial charge in [0.2, 0.25) is 76.8 Å². The Morgan fingerprint density at radius 3 is 1.74 bits per heavy atom. The molecule has 3 heterocycles. The number of amides is 13. The van der Waals surface area contributed by atoms with Crippen molar-refractivity contribution in [1.82, 2.24) is 63.0 Å². The first kappa shape index (κ1) is 79.1. The number of nitrogens with two attached hydrogens (primary N) is 1. The van der Waals surface area contributed by atoms with Crippen LogP contribution in [-0.4, -0.2) is 217 Å². The number of fused-ring (bicyclic) bond motifs is 2. The zero-order chi connectivity index (χ0) is 70.7. The van der Waals surface area contributed by atoms with Crippen LogP contribution in [0.1, 0.15) is 158 Å². The van der Waals surface area contributed by atoms with Crippen LogP contribution in [0.15, 0.2) is 12.2 Å². The Hall–Kier alpha value is -9.11. The number of nitrogens with one attached hydrogen (secondary N) is 10. The number of imide groups is 1. The zero-order valence-corrected chi connectivity index (χ0v) is 54.1. The molecule has 0 aromatic heterocycles. The number of rotatable bonds is 23. The summed E-state index contributed by atoms with van der Waals surface area (Å²) in [4.78, 5) is 231. The average Bonchev–Trinajstić information content (AvgIpc) is 1.25. The highest BCUT2D eigenvalue weighted by molar-refractivity contribution is 6.08. The molecule has 524 valence electrons.